The summed E-state index contributed by atoms with van der Waals surface area (Å²) in [6.07, 6.45) is 8.74. The summed E-state index contributed by atoms with van der Waals surface area (Å²) in [4.78, 5) is 15.6. The van der Waals surface area contributed by atoms with Gasteiger partial charge in [0, 0.05) is 10.2 Å². The molecule has 0 spiro atoms. The summed E-state index contributed by atoms with van der Waals surface area (Å²) in [5, 5.41) is 0. The van der Waals surface area contributed by atoms with E-state index in [4.69, 9.17) is 0 Å². The number of halogens is 1. The molecule has 2 nitrogen and oxygen atoms in total. The van der Waals surface area contributed by atoms with Gasteiger partial charge in [0.05, 0.1) is 11.4 Å². The van der Waals surface area contributed by atoms with Gasteiger partial charge < -0.3 is 4.90 Å². The second-order valence-corrected chi connectivity index (χ2v) is 7.00. The van der Waals surface area contributed by atoms with Crippen molar-refractivity contribution < 1.29 is 4.79 Å². The van der Waals surface area contributed by atoms with Gasteiger partial charge in [-0.05, 0) is 49.1 Å². The molecule has 1 aliphatic carbocycles. The Morgan fingerprint density at radius 1 is 1.29 bits per heavy atom. The van der Waals surface area contributed by atoms with Crippen LogP contribution in [0.1, 0.15) is 31.2 Å². The maximum absolute atomic E-state index is 12.7. The summed E-state index contributed by atoms with van der Waals surface area (Å²) >= 11 is 5.17. The molecule has 0 fully saturated rings. The summed E-state index contributed by atoms with van der Waals surface area (Å²) < 4.78 is 1.06. The average molecular weight is 364 g/mol. The highest BCUT2D eigenvalue weighted by molar-refractivity contribution is 9.10. The van der Waals surface area contributed by atoms with Crippen LogP contribution in [-0.4, -0.2) is 17.1 Å². The number of allylic oxidation sites excluding steroid dienone is 2. The molecule has 1 aromatic carbocycles. The minimum atomic E-state index is 0.168. The molecule has 110 valence electrons. The predicted molar refractivity (Wildman–Crippen MR) is 91.8 cm³/mol. The standard InChI is InChI=1S/C17H18BrNOS/c1-21-16-13-8-3-2-4-10-15(13)19(17(16)20)11-12-7-5-6-9-14(12)18/h5-7,9-10H,2-4,8,11H2,1H3. The van der Waals surface area contributed by atoms with Crippen LogP contribution in [0.25, 0.3) is 0 Å². The van der Waals surface area contributed by atoms with Gasteiger partial charge in [-0.3, -0.25) is 4.79 Å². The highest BCUT2D eigenvalue weighted by Gasteiger charge is 2.34. The Kier molecular flexibility index (Phi) is 4.55. The fourth-order valence-electron chi connectivity index (χ4n) is 2.96. The van der Waals surface area contributed by atoms with Gasteiger partial charge in [-0.15, -0.1) is 11.8 Å². The van der Waals surface area contributed by atoms with Crippen molar-refractivity contribution >= 4 is 33.6 Å². The van der Waals surface area contributed by atoms with Crippen molar-refractivity contribution in [1.82, 2.24) is 4.90 Å². The first-order valence-corrected chi connectivity index (χ1v) is 9.27. The van der Waals surface area contributed by atoms with E-state index >= 15 is 0 Å². The fourth-order valence-corrected chi connectivity index (χ4v) is 4.11. The lowest BCUT2D eigenvalue weighted by Gasteiger charge is -2.20. The van der Waals surface area contributed by atoms with E-state index in [0.717, 1.165) is 33.5 Å². The van der Waals surface area contributed by atoms with Gasteiger partial charge in [-0.25, -0.2) is 0 Å². The highest BCUT2D eigenvalue weighted by Crippen LogP contribution is 2.40. The van der Waals surface area contributed by atoms with Gasteiger partial charge in [0.1, 0.15) is 0 Å². The van der Waals surface area contributed by atoms with Gasteiger partial charge >= 0.3 is 0 Å². The summed E-state index contributed by atoms with van der Waals surface area (Å²) in [6.45, 7) is 0.639. The van der Waals surface area contributed by atoms with Crippen LogP contribution in [0, 0.1) is 0 Å². The normalized spacial score (nSPS) is 18.7. The summed E-state index contributed by atoms with van der Waals surface area (Å²) in [7, 11) is 0. The van der Waals surface area contributed by atoms with Gasteiger partial charge in [-0.2, -0.15) is 0 Å². The zero-order valence-electron chi connectivity index (χ0n) is 12.1. The lowest BCUT2D eigenvalue weighted by Crippen LogP contribution is -2.25. The first kappa shape index (κ1) is 14.9. The van der Waals surface area contributed by atoms with Crippen LogP contribution in [0.5, 0.6) is 0 Å². The third-order valence-electron chi connectivity index (χ3n) is 4.02. The molecule has 0 bridgehead atoms. The van der Waals surface area contributed by atoms with Gasteiger partial charge in [-0.1, -0.05) is 40.2 Å². The number of nitrogens with zero attached hydrogens (tertiary/aromatic N) is 1. The quantitative estimate of drug-likeness (QED) is 0.763. The number of hydrogen-bond acceptors (Lipinski definition) is 2. The number of carbonyl (C=O) groups is 1. The maximum atomic E-state index is 12.7. The Hall–Kier alpha value is -1.00. The van der Waals surface area contributed by atoms with Gasteiger partial charge in [0.15, 0.2) is 0 Å². The van der Waals surface area contributed by atoms with Crippen molar-refractivity contribution in [2.24, 2.45) is 0 Å². The van der Waals surface area contributed by atoms with Crippen LogP contribution < -0.4 is 0 Å². The van der Waals surface area contributed by atoms with E-state index < -0.39 is 0 Å². The van der Waals surface area contributed by atoms with E-state index in [1.165, 1.54) is 18.4 Å². The number of hydrogen-bond donors (Lipinski definition) is 0. The van der Waals surface area contributed by atoms with E-state index in [1.807, 2.05) is 29.4 Å². The molecule has 0 aromatic heterocycles. The molecule has 1 amide bonds. The summed E-state index contributed by atoms with van der Waals surface area (Å²) in [5.41, 5.74) is 3.56. The fraction of sp³-hybridized carbons (Fsp3) is 0.353. The third-order valence-corrected chi connectivity index (χ3v) is 5.63. The predicted octanol–water partition coefficient (Wildman–Crippen LogP) is 4.87. The second kappa shape index (κ2) is 6.41. The molecule has 0 atom stereocenters. The molecular weight excluding hydrogens is 346 g/mol. The molecule has 2 aliphatic rings. The zero-order valence-corrected chi connectivity index (χ0v) is 14.5. The van der Waals surface area contributed by atoms with Crippen molar-refractivity contribution in [3.05, 3.63) is 56.6 Å². The molecule has 4 heteroatoms. The minimum absolute atomic E-state index is 0.168. The summed E-state index contributed by atoms with van der Waals surface area (Å²) in [5.74, 6) is 0.168. The van der Waals surface area contributed by atoms with E-state index in [0.29, 0.717) is 6.54 Å². The lowest BCUT2D eigenvalue weighted by molar-refractivity contribution is -0.124. The average Bonchev–Trinajstić information content (AvgIpc) is 2.65. The lowest BCUT2D eigenvalue weighted by atomic mass is 10.1. The summed E-state index contributed by atoms with van der Waals surface area (Å²) in [6, 6.07) is 8.12. The Labute approximate surface area is 138 Å². The second-order valence-electron chi connectivity index (χ2n) is 5.33. The molecule has 3 rings (SSSR count). The topological polar surface area (TPSA) is 20.3 Å². The molecule has 0 unspecified atom stereocenters. The Morgan fingerprint density at radius 2 is 2.10 bits per heavy atom. The number of thioether (sulfide) groups is 1. The number of amides is 1. The minimum Gasteiger partial charge on any atom is -0.303 e. The van der Waals surface area contributed by atoms with Crippen molar-refractivity contribution in [1.29, 1.82) is 0 Å². The Balaban J connectivity index is 1.95. The van der Waals surface area contributed by atoms with E-state index in [1.54, 1.807) is 11.8 Å². The SMILES string of the molecule is CSC1=C2CCCCC=C2N(Cc2ccccc2Br)C1=O. The first-order valence-electron chi connectivity index (χ1n) is 7.25. The Bertz CT molecular complexity index is 635. The smallest absolute Gasteiger partial charge is 0.265 e. The molecular formula is C17H18BrNOS. The van der Waals surface area contributed by atoms with Crippen LogP contribution in [-0.2, 0) is 11.3 Å². The van der Waals surface area contributed by atoms with Crippen molar-refractivity contribution in [3.8, 4) is 0 Å². The molecule has 0 saturated heterocycles. The first-order chi connectivity index (χ1) is 10.2. The van der Waals surface area contributed by atoms with Crippen LogP contribution in [0.4, 0.5) is 0 Å². The van der Waals surface area contributed by atoms with Crippen molar-refractivity contribution in [3.63, 3.8) is 0 Å². The number of fused-ring (bicyclic) bond motifs is 1. The monoisotopic (exact) mass is 363 g/mol. The van der Waals surface area contributed by atoms with Gasteiger partial charge in [0.2, 0.25) is 0 Å². The number of rotatable bonds is 3. The van der Waals surface area contributed by atoms with E-state index in [-0.39, 0.29) is 5.91 Å². The third kappa shape index (κ3) is 2.84. The van der Waals surface area contributed by atoms with Crippen LogP contribution in [0.2, 0.25) is 0 Å². The van der Waals surface area contributed by atoms with Crippen LogP contribution in [0.3, 0.4) is 0 Å². The van der Waals surface area contributed by atoms with Gasteiger partial charge in [0.25, 0.3) is 5.91 Å². The van der Waals surface area contributed by atoms with Crippen molar-refractivity contribution in [2.45, 2.75) is 32.2 Å². The van der Waals surface area contributed by atoms with Crippen molar-refractivity contribution in [2.75, 3.05) is 6.26 Å². The zero-order chi connectivity index (χ0) is 14.8. The van der Waals surface area contributed by atoms with E-state index in [2.05, 4.69) is 28.1 Å². The molecule has 0 saturated carbocycles. The molecule has 1 aliphatic heterocycles. The largest absolute Gasteiger partial charge is 0.303 e. The number of carbonyl (C=O) groups excluding carboxylic acids is 1. The maximum Gasteiger partial charge on any atom is 0.265 e. The van der Waals surface area contributed by atoms with E-state index in [9.17, 15) is 4.79 Å². The molecule has 0 N–H and O–H groups in total. The molecule has 21 heavy (non-hydrogen) atoms. The molecule has 0 radical (unpaired) electrons. The molecule has 1 heterocycles. The molecule has 1 aromatic rings. The Morgan fingerprint density at radius 3 is 2.86 bits per heavy atom. The van der Waals surface area contributed by atoms with Crippen LogP contribution in [0.15, 0.2) is 51.0 Å². The van der Waals surface area contributed by atoms with Crippen LogP contribution >= 0.6 is 27.7 Å². The number of benzene rings is 1. The highest BCUT2D eigenvalue weighted by atomic mass is 79.9.